The normalized spacial score (nSPS) is 23.3. The smallest absolute Gasteiger partial charge is 0.332 e. The number of carbonyl (C=O) groups is 1. The fraction of sp³-hybridized carbons (Fsp3) is 0.875. The Morgan fingerprint density at radius 1 is 1.45 bits per heavy atom. The van der Waals surface area contributed by atoms with Gasteiger partial charge in [0.25, 0.3) is 0 Å². The van der Waals surface area contributed by atoms with Gasteiger partial charge >= 0.3 is 5.97 Å². The minimum absolute atomic E-state index is 0.529. The number of aliphatic carboxylic acids is 1. The maximum atomic E-state index is 10.2. The molecule has 0 aliphatic carbocycles. The Morgan fingerprint density at radius 3 is 2.36 bits per heavy atom. The summed E-state index contributed by atoms with van der Waals surface area (Å²) in [5.74, 6) is -0.824. The summed E-state index contributed by atoms with van der Waals surface area (Å²) in [6, 6.07) is 0. The van der Waals surface area contributed by atoms with Crippen molar-refractivity contribution in [2.45, 2.75) is 39.2 Å². The lowest BCUT2D eigenvalue weighted by Crippen LogP contribution is -2.27. The highest BCUT2D eigenvalue weighted by Gasteiger charge is 2.20. The van der Waals surface area contributed by atoms with Gasteiger partial charge in [0.05, 0.1) is 0 Å². The van der Waals surface area contributed by atoms with E-state index in [4.69, 9.17) is 9.84 Å². The molecule has 0 bridgehead atoms. The van der Waals surface area contributed by atoms with Gasteiger partial charge in [-0.2, -0.15) is 0 Å². The second-order valence-electron chi connectivity index (χ2n) is 2.19. The zero-order valence-electron chi connectivity index (χ0n) is 7.17. The van der Waals surface area contributed by atoms with E-state index in [1.165, 1.54) is 0 Å². The van der Waals surface area contributed by atoms with E-state index in [9.17, 15) is 4.79 Å². The molecule has 0 aromatic carbocycles. The molecule has 1 aliphatic rings. The van der Waals surface area contributed by atoms with Gasteiger partial charge in [0.15, 0.2) is 6.10 Å². The fourth-order valence-electron chi connectivity index (χ4n) is 0.935. The molecule has 1 saturated heterocycles. The number of ether oxygens (including phenoxy) is 1. The summed E-state index contributed by atoms with van der Waals surface area (Å²) >= 11 is 0. The minimum Gasteiger partial charge on any atom is -0.479 e. The molecule has 0 saturated carbocycles. The summed E-state index contributed by atoms with van der Waals surface area (Å²) in [6.07, 6.45) is 2.13. The van der Waals surface area contributed by atoms with Crippen LogP contribution in [0.1, 0.15) is 33.1 Å². The minimum atomic E-state index is -0.824. The van der Waals surface area contributed by atoms with Gasteiger partial charge in [0.1, 0.15) is 0 Å². The van der Waals surface area contributed by atoms with Gasteiger partial charge in [-0.3, -0.25) is 0 Å². The molecule has 0 aromatic heterocycles. The van der Waals surface area contributed by atoms with Crippen LogP contribution in [0.25, 0.3) is 0 Å². The molecule has 3 nitrogen and oxygen atoms in total. The molecule has 1 fully saturated rings. The highest BCUT2D eigenvalue weighted by atomic mass is 16.5. The van der Waals surface area contributed by atoms with E-state index in [2.05, 4.69) is 0 Å². The maximum absolute atomic E-state index is 10.2. The van der Waals surface area contributed by atoms with E-state index in [-0.39, 0.29) is 0 Å². The molecule has 1 heterocycles. The van der Waals surface area contributed by atoms with E-state index < -0.39 is 12.1 Å². The summed E-state index contributed by atoms with van der Waals surface area (Å²) in [6.45, 7) is 4.61. The molecule has 11 heavy (non-hydrogen) atoms. The molecular formula is C8H16O3. The lowest BCUT2D eigenvalue weighted by molar-refractivity contribution is -0.153. The van der Waals surface area contributed by atoms with Gasteiger partial charge in [0.2, 0.25) is 0 Å². The Hall–Kier alpha value is -0.570. The molecule has 1 N–H and O–H groups in total. The van der Waals surface area contributed by atoms with E-state index >= 15 is 0 Å². The zero-order chi connectivity index (χ0) is 8.69. The van der Waals surface area contributed by atoms with Crippen LogP contribution in [0.4, 0.5) is 0 Å². The topological polar surface area (TPSA) is 46.5 Å². The molecule has 0 radical (unpaired) electrons. The van der Waals surface area contributed by atoms with Gasteiger partial charge in [-0.25, -0.2) is 4.79 Å². The van der Waals surface area contributed by atoms with E-state index in [1.54, 1.807) is 0 Å². The molecule has 0 aromatic rings. The van der Waals surface area contributed by atoms with Crippen LogP contribution in [-0.4, -0.2) is 23.8 Å². The van der Waals surface area contributed by atoms with Crippen molar-refractivity contribution in [3.63, 3.8) is 0 Å². The Morgan fingerprint density at radius 2 is 2.09 bits per heavy atom. The highest BCUT2D eigenvalue weighted by molar-refractivity contribution is 5.72. The van der Waals surface area contributed by atoms with Crippen LogP contribution in [0.15, 0.2) is 0 Å². The molecule has 1 aliphatic heterocycles. The van der Waals surface area contributed by atoms with Crippen molar-refractivity contribution < 1.29 is 14.6 Å². The molecule has 1 atom stereocenters. The van der Waals surface area contributed by atoms with Crippen molar-refractivity contribution in [1.29, 1.82) is 0 Å². The summed E-state index contributed by atoms with van der Waals surface area (Å²) in [4.78, 5) is 10.2. The first-order valence-corrected chi connectivity index (χ1v) is 4.15. The molecular weight excluding hydrogens is 144 g/mol. The Bertz CT molecular complexity index is 106. The number of rotatable bonds is 1. The van der Waals surface area contributed by atoms with Crippen molar-refractivity contribution in [2.24, 2.45) is 0 Å². The predicted molar refractivity (Wildman–Crippen MR) is 42.6 cm³/mol. The first-order chi connectivity index (χ1) is 5.30. The molecule has 1 unspecified atom stereocenters. The fourth-order valence-corrected chi connectivity index (χ4v) is 0.935. The SMILES string of the molecule is CC.O=C(O)C1CCCCO1. The average Bonchev–Trinajstić information content (AvgIpc) is 2.10. The lowest BCUT2D eigenvalue weighted by atomic mass is 10.1. The molecule has 66 valence electrons. The van der Waals surface area contributed by atoms with Crippen molar-refractivity contribution >= 4 is 5.97 Å². The van der Waals surface area contributed by atoms with E-state index in [1.807, 2.05) is 13.8 Å². The van der Waals surface area contributed by atoms with E-state index in [0.29, 0.717) is 13.0 Å². The van der Waals surface area contributed by atoms with Gasteiger partial charge in [-0.05, 0) is 19.3 Å². The van der Waals surface area contributed by atoms with Crippen molar-refractivity contribution in [1.82, 2.24) is 0 Å². The zero-order valence-corrected chi connectivity index (χ0v) is 7.17. The second kappa shape index (κ2) is 6.16. The third-order valence-electron chi connectivity index (χ3n) is 1.46. The maximum Gasteiger partial charge on any atom is 0.332 e. The Balaban J connectivity index is 0.000000461. The van der Waals surface area contributed by atoms with Crippen LogP contribution in [0.2, 0.25) is 0 Å². The van der Waals surface area contributed by atoms with E-state index in [0.717, 1.165) is 12.8 Å². The predicted octanol–water partition coefficient (Wildman–Crippen LogP) is 1.67. The number of carboxylic acids is 1. The van der Waals surface area contributed by atoms with Gasteiger partial charge in [-0.1, -0.05) is 13.8 Å². The third kappa shape index (κ3) is 3.98. The quantitative estimate of drug-likeness (QED) is 0.634. The highest BCUT2D eigenvalue weighted by Crippen LogP contribution is 2.11. The van der Waals surface area contributed by atoms with Crippen LogP contribution < -0.4 is 0 Å². The summed E-state index contributed by atoms with van der Waals surface area (Å²) < 4.78 is 4.94. The number of hydrogen-bond acceptors (Lipinski definition) is 2. The first-order valence-electron chi connectivity index (χ1n) is 4.15. The third-order valence-corrected chi connectivity index (χ3v) is 1.46. The number of carboxylic acid groups (broad SMARTS) is 1. The van der Waals surface area contributed by atoms with Crippen molar-refractivity contribution in [3.05, 3.63) is 0 Å². The van der Waals surface area contributed by atoms with Gasteiger partial charge < -0.3 is 9.84 Å². The Kier molecular flexibility index (Phi) is 5.84. The molecule has 0 spiro atoms. The summed E-state index contributed by atoms with van der Waals surface area (Å²) in [5.41, 5.74) is 0. The van der Waals surface area contributed by atoms with Gasteiger partial charge in [-0.15, -0.1) is 0 Å². The van der Waals surface area contributed by atoms with Crippen molar-refractivity contribution in [3.8, 4) is 0 Å². The molecule has 3 heteroatoms. The van der Waals surface area contributed by atoms with Crippen LogP contribution in [0.5, 0.6) is 0 Å². The lowest BCUT2D eigenvalue weighted by Gasteiger charge is -2.17. The summed E-state index contributed by atoms with van der Waals surface area (Å²) in [7, 11) is 0. The second-order valence-corrected chi connectivity index (χ2v) is 2.19. The standard InChI is InChI=1S/C6H10O3.C2H6/c7-6(8)5-3-1-2-4-9-5;1-2/h5H,1-4H2,(H,7,8);1-2H3. The van der Waals surface area contributed by atoms with Gasteiger partial charge in [0, 0.05) is 6.61 Å². The monoisotopic (exact) mass is 160 g/mol. The van der Waals surface area contributed by atoms with Crippen LogP contribution in [0.3, 0.4) is 0 Å². The van der Waals surface area contributed by atoms with Crippen LogP contribution >= 0.6 is 0 Å². The molecule has 0 amide bonds. The summed E-state index contributed by atoms with van der Waals surface area (Å²) in [5, 5.41) is 8.41. The van der Waals surface area contributed by atoms with Crippen molar-refractivity contribution in [2.75, 3.05) is 6.61 Å². The Labute approximate surface area is 67.4 Å². The average molecular weight is 160 g/mol. The first kappa shape index (κ1) is 10.4. The molecule has 1 rings (SSSR count). The van der Waals surface area contributed by atoms with Crippen LogP contribution in [-0.2, 0) is 9.53 Å². The van der Waals surface area contributed by atoms with Crippen LogP contribution in [0, 0.1) is 0 Å². The largest absolute Gasteiger partial charge is 0.479 e. The number of hydrogen-bond donors (Lipinski definition) is 1.